The Kier molecular flexibility index (Phi) is 5.74. The molecule has 1 fully saturated rings. The van der Waals surface area contributed by atoms with Crippen LogP contribution >= 0.6 is 11.6 Å². The molecule has 192 valence electrons. The van der Waals surface area contributed by atoms with Crippen LogP contribution in [0.3, 0.4) is 0 Å². The van der Waals surface area contributed by atoms with Gasteiger partial charge in [0.25, 0.3) is 0 Å². The van der Waals surface area contributed by atoms with E-state index in [0.29, 0.717) is 5.56 Å². The first-order valence-electron chi connectivity index (χ1n) is 12.2. The van der Waals surface area contributed by atoms with Crippen LogP contribution in [0.4, 0.5) is 13.2 Å². The maximum atomic E-state index is 16.1. The van der Waals surface area contributed by atoms with E-state index in [4.69, 9.17) is 22.1 Å². The SMILES string of the molecule is NC(=O)c1cc2c(c(F)c1-c1c(Cl)c(F)cc3c1C[C@](c1ccccc1)([C@@H]1CCCN1)O3)[C@H](O)[C@@H](F)C2. The minimum absolute atomic E-state index is 0.0731. The van der Waals surface area contributed by atoms with Crippen molar-refractivity contribution in [2.24, 2.45) is 5.73 Å². The van der Waals surface area contributed by atoms with Crippen molar-refractivity contribution in [2.45, 2.75) is 49.6 Å². The summed E-state index contributed by atoms with van der Waals surface area (Å²) in [5.74, 6) is -2.70. The Morgan fingerprint density at radius 3 is 2.62 bits per heavy atom. The molecule has 1 aliphatic carbocycles. The first-order chi connectivity index (χ1) is 17.7. The fourth-order valence-corrected chi connectivity index (χ4v) is 6.43. The van der Waals surface area contributed by atoms with Gasteiger partial charge in [0.15, 0.2) is 5.60 Å². The number of benzene rings is 3. The van der Waals surface area contributed by atoms with E-state index in [0.717, 1.165) is 24.9 Å². The Morgan fingerprint density at radius 2 is 1.95 bits per heavy atom. The lowest BCUT2D eigenvalue weighted by Crippen LogP contribution is -2.48. The second-order valence-corrected chi connectivity index (χ2v) is 10.3. The number of primary amides is 1. The van der Waals surface area contributed by atoms with Crippen LogP contribution in [0.2, 0.25) is 5.02 Å². The van der Waals surface area contributed by atoms with Crippen LogP contribution in [-0.4, -0.2) is 29.8 Å². The zero-order valence-corrected chi connectivity index (χ0v) is 20.4. The number of ether oxygens (including phenoxy) is 1. The number of carbonyl (C=O) groups excluding carboxylic acids is 1. The van der Waals surface area contributed by atoms with E-state index in [1.807, 2.05) is 30.3 Å². The average Bonchev–Trinajstić information content (AvgIpc) is 3.60. The Bertz CT molecular complexity index is 1430. The highest BCUT2D eigenvalue weighted by Gasteiger charge is 2.50. The summed E-state index contributed by atoms with van der Waals surface area (Å²) in [6.07, 6.45) is -1.79. The monoisotopic (exact) mass is 528 g/mol. The van der Waals surface area contributed by atoms with Crippen LogP contribution in [-0.2, 0) is 18.4 Å². The molecule has 5 nitrogen and oxygen atoms in total. The molecule has 2 heterocycles. The molecule has 3 aromatic carbocycles. The van der Waals surface area contributed by atoms with Gasteiger partial charge < -0.3 is 20.9 Å². The standard InChI is InChI=1S/C28H24ClF3N2O3/c29-24-17(30)11-19-16(12-28(37-19,20-7-4-8-34-20)14-5-2-1-3-6-14)22(24)23-15(27(33)36)9-13-10-18(31)26(35)21(13)25(23)32/h1-3,5-6,9,11,18,20,26,34-35H,4,7-8,10,12H2,(H2,33,36)/t18-,20-,26+,28-/m0/s1. The summed E-state index contributed by atoms with van der Waals surface area (Å²) in [4.78, 5) is 12.5. The van der Waals surface area contributed by atoms with Gasteiger partial charge in [-0.1, -0.05) is 41.9 Å². The zero-order chi connectivity index (χ0) is 26.1. The number of nitrogens with two attached hydrogens (primary N) is 1. The van der Waals surface area contributed by atoms with Crippen molar-refractivity contribution < 1.29 is 27.8 Å². The Balaban J connectivity index is 1.61. The summed E-state index contributed by atoms with van der Waals surface area (Å²) in [5, 5.41) is 13.4. The van der Waals surface area contributed by atoms with E-state index in [1.165, 1.54) is 12.1 Å². The highest BCUT2D eigenvalue weighted by atomic mass is 35.5. The van der Waals surface area contributed by atoms with E-state index in [1.54, 1.807) is 0 Å². The predicted molar refractivity (Wildman–Crippen MR) is 132 cm³/mol. The largest absolute Gasteiger partial charge is 0.480 e. The first-order valence-corrected chi connectivity index (χ1v) is 12.6. The third-order valence-corrected chi connectivity index (χ3v) is 8.23. The van der Waals surface area contributed by atoms with Crippen LogP contribution in [0.1, 0.15) is 51.6 Å². The van der Waals surface area contributed by atoms with Gasteiger partial charge >= 0.3 is 0 Å². The van der Waals surface area contributed by atoms with Crippen LogP contribution in [0.25, 0.3) is 11.1 Å². The number of nitrogens with one attached hydrogen (secondary N) is 1. The maximum absolute atomic E-state index is 16.1. The van der Waals surface area contributed by atoms with Crippen LogP contribution in [0.15, 0.2) is 42.5 Å². The minimum Gasteiger partial charge on any atom is -0.480 e. The molecule has 9 heteroatoms. The molecule has 0 radical (unpaired) electrons. The molecule has 3 aliphatic rings. The molecule has 0 saturated carbocycles. The molecular formula is C28H24ClF3N2O3. The van der Waals surface area contributed by atoms with Crippen molar-refractivity contribution in [1.29, 1.82) is 0 Å². The lowest BCUT2D eigenvalue weighted by Gasteiger charge is -2.35. The first kappa shape index (κ1) is 24.3. The highest BCUT2D eigenvalue weighted by molar-refractivity contribution is 6.34. The molecule has 1 saturated heterocycles. The number of halogens is 4. The van der Waals surface area contributed by atoms with Gasteiger partial charge in [0.2, 0.25) is 5.91 Å². The summed E-state index contributed by atoms with van der Waals surface area (Å²) in [6, 6.07) is 11.8. The third-order valence-electron chi connectivity index (χ3n) is 7.86. The smallest absolute Gasteiger partial charge is 0.249 e. The van der Waals surface area contributed by atoms with Crippen molar-refractivity contribution in [3.8, 4) is 16.9 Å². The van der Waals surface area contributed by atoms with Gasteiger partial charge in [-0.25, -0.2) is 13.2 Å². The Labute approximate surface area is 216 Å². The van der Waals surface area contributed by atoms with E-state index >= 15 is 8.78 Å². The summed E-state index contributed by atoms with van der Waals surface area (Å²) >= 11 is 6.47. The summed E-state index contributed by atoms with van der Waals surface area (Å²) in [6.45, 7) is 0.786. The lowest BCUT2D eigenvalue weighted by molar-refractivity contribution is 0.0539. The number of hydrogen-bond acceptors (Lipinski definition) is 4. The lowest BCUT2D eigenvalue weighted by atomic mass is 9.80. The molecule has 1 amide bonds. The van der Waals surface area contributed by atoms with Gasteiger partial charge in [-0.3, -0.25) is 4.79 Å². The number of hydrogen-bond donors (Lipinski definition) is 3. The minimum atomic E-state index is -1.74. The third kappa shape index (κ3) is 3.57. The van der Waals surface area contributed by atoms with E-state index < -0.39 is 40.4 Å². The van der Waals surface area contributed by atoms with Crippen molar-refractivity contribution in [3.63, 3.8) is 0 Å². The Morgan fingerprint density at radius 1 is 1.19 bits per heavy atom. The fraction of sp³-hybridized carbons (Fsp3) is 0.321. The summed E-state index contributed by atoms with van der Waals surface area (Å²) in [5.41, 5.74) is 5.14. The van der Waals surface area contributed by atoms with Crippen LogP contribution < -0.4 is 15.8 Å². The number of alkyl halides is 1. The number of amides is 1. The van der Waals surface area contributed by atoms with Gasteiger partial charge in [-0.2, -0.15) is 0 Å². The number of aliphatic hydroxyl groups excluding tert-OH is 1. The molecule has 4 N–H and O–H groups in total. The van der Waals surface area contributed by atoms with Gasteiger partial charge in [0.05, 0.1) is 16.6 Å². The van der Waals surface area contributed by atoms with Crippen molar-refractivity contribution in [3.05, 3.63) is 86.9 Å². The molecule has 0 unspecified atom stereocenters. The molecule has 0 spiro atoms. The predicted octanol–water partition coefficient (Wildman–Crippen LogP) is 4.89. The van der Waals surface area contributed by atoms with Crippen molar-refractivity contribution in [2.75, 3.05) is 6.54 Å². The molecule has 2 aliphatic heterocycles. The normalized spacial score (nSPS) is 26.1. The molecule has 3 aromatic rings. The average molecular weight is 529 g/mol. The Hall–Kier alpha value is -3.07. The van der Waals surface area contributed by atoms with Gasteiger partial charge in [0.1, 0.15) is 29.7 Å². The second-order valence-electron chi connectivity index (χ2n) is 9.92. The quantitative estimate of drug-likeness (QED) is 0.450. The molecule has 0 bridgehead atoms. The van der Waals surface area contributed by atoms with E-state index in [9.17, 15) is 14.3 Å². The molecule has 4 atom stereocenters. The van der Waals surface area contributed by atoms with Crippen LogP contribution in [0, 0.1) is 11.6 Å². The summed E-state index contributed by atoms with van der Waals surface area (Å²) < 4.78 is 52.2. The summed E-state index contributed by atoms with van der Waals surface area (Å²) in [7, 11) is 0. The number of aliphatic hydroxyl groups is 1. The molecule has 37 heavy (non-hydrogen) atoms. The highest BCUT2D eigenvalue weighted by Crippen LogP contribution is 2.53. The fourth-order valence-electron chi connectivity index (χ4n) is 6.17. The van der Waals surface area contributed by atoms with E-state index in [-0.39, 0.29) is 52.5 Å². The van der Waals surface area contributed by atoms with Crippen LogP contribution in [0.5, 0.6) is 5.75 Å². The molecular weight excluding hydrogens is 505 g/mol. The number of carbonyl (C=O) groups is 1. The maximum Gasteiger partial charge on any atom is 0.249 e. The number of fused-ring (bicyclic) bond motifs is 2. The van der Waals surface area contributed by atoms with E-state index in [2.05, 4.69) is 5.32 Å². The zero-order valence-electron chi connectivity index (χ0n) is 19.7. The van der Waals surface area contributed by atoms with Crippen molar-refractivity contribution >= 4 is 17.5 Å². The second kappa shape index (κ2) is 8.75. The molecule has 0 aromatic heterocycles. The molecule has 6 rings (SSSR count). The topological polar surface area (TPSA) is 84.6 Å². The number of rotatable bonds is 4. The van der Waals surface area contributed by atoms with Crippen molar-refractivity contribution in [1.82, 2.24) is 5.32 Å². The van der Waals surface area contributed by atoms with Gasteiger partial charge in [0, 0.05) is 41.2 Å². The van der Waals surface area contributed by atoms with Gasteiger partial charge in [-0.15, -0.1) is 0 Å². The van der Waals surface area contributed by atoms with Gasteiger partial charge in [-0.05, 0) is 36.6 Å².